The lowest BCUT2D eigenvalue weighted by atomic mass is 9.79. The van der Waals surface area contributed by atoms with Gasteiger partial charge in [-0.3, -0.25) is 0 Å². The molecule has 0 spiro atoms. The molecule has 20 heavy (non-hydrogen) atoms. The number of carbonyl (C=O) groups excluding carboxylic acids is 1. The zero-order valence-corrected chi connectivity index (χ0v) is 12.7. The van der Waals surface area contributed by atoms with Crippen molar-refractivity contribution in [1.82, 2.24) is 0 Å². The van der Waals surface area contributed by atoms with Crippen molar-refractivity contribution in [3.63, 3.8) is 0 Å². The van der Waals surface area contributed by atoms with Crippen LogP contribution >= 0.6 is 0 Å². The summed E-state index contributed by atoms with van der Waals surface area (Å²) in [6.07, 6.45) is 0.910. The molecule has 0 aromatic heterocycles. The number of hydrogen-bond donors (Lipinski definition) is 0. The van der Waals surface area contributed by atoms with Crippen LogP contribution in [0.1, 0.15) is 45.6 Å². The van der Waals surface area contributed by atoms with E-state index in [1.165, 1.54) is 19.2 Å². The molecule has 0 radical (unpaired) electrons. The lowest BCUT2D eigenvalue weighted by Crippen LogP contribution is -2.55. The largest absolute Gasteiger partial charge is 0.467 e. The fraction of sp³-hybridized carbons (Fsp3) is 0.562. The fourth-order valence-electron chi connectivity index (χ4n) is 3.43. The minimum absolute atomic E-state index is 0.228. The number of rotatable bonds is 2. The molecule has 2 rings (SSSR count). The van der Waals surface area contributed by atoms with Crippen LogP contribution in [0.25, 0.3) is 0 Å². The number of carbonyl (C=O) groups is 1. The smallest absolute Gasteiger partial charge is 0.328 e. The van der Waals surface area contributed by atoms with Crippen LogP contribution in [-0.2, 0) is 9.53 Å². The van der Waals surface area contributed by atoms with Crippen LogP contribution in [0.4, 0.5) is 10.1 Å². The number of anilines is 1. The molecule has 4 heteroatoms. The molecule has 1 aromatic rings. The number of benzene rings is 1. The van der Waals surface area contributed by atoms with Gasteiger partial charge in [0.1, 0.15) is 11.9 Å². The van der Waals surface area contributed by atoms with Gasteiger partial charge in [-0.25, -0.2) is 9.18 Å². The molecular weight excluding hydrogens is 257 g/mol. The van der Waals surface area contributed by atoms with E-state index in [2.05, 4.69) is 20.8 Å². The van der Waals surface area contributed by atoms with Crippen molar-refractivity contribution < 1.29 is 13.9 Å². The van der Waals surface area contributed by atoms with Gasteiger partial charge in [0.15, 0.2) is 0 Å². The maximum atomic E-state index is 13.7. The third kappa shape index (κ3) is 2.39. The van der Waals surface area contributed by atoms with Crippen LogP contribution in [0.2, 0.25) is 0 Å². The normalized spacial score (nSPS) is 22.1. The van der Waals surface area contributed by atoms with Gasteiger partial charge < -0.3 is 9.64 Å². The molecule has 0 bridgehead atoms. The topological polar surface area (TPSA) is 29.5 Å². The van der Waals surface area contributed by atoms with Crippen LogP contribution in [0.3, 0.4) is 0 Å². The van der Waals surface area contributed by atoms with Crippen LogP contribution in [-0.4, -0.2) is 24.7 Å². The van der Waals surface area contributed by atoms with E-state index in [9.17, 15) is 9.18 Å². The maximum absolute atomic E-state index is 13.7. The van der Waals surface area contributed by atoms with Gasteiger partial charge >= 0.3 is 5.97 Å². The Bertz CT molecular complexity index is 527. The highest BCUT2D eigenvalue weighted by Crippen LogP contribution is 2.44. The predicted molar refractivity (Wildman–Crippen MR) is 77.5 cm³/mol. The first-order valence-electron chi connectivity index (χ1n) is 6.94. The van der Waals surface area contributed by atoms with Crippen LogP contribution in [0, 0.1) is 5.82 Å². The molecule has 3 nitrogen and oxygen atoms in total. The first kappa shape index (κ1) is 14.8. The molecule has 0 aliphatic carbocycles. The first-order chi connectivity index (χ1) is 9.27. The minimum Gasteiger partial charge on any atom is -0.467 e. The summed E-state index contributed by atoms with van der Waals surface area (Å²) in [5.41, 5.74) is 1.65. The summed E-state index contributed by atoms with van der Waals surface area (Å²) in [5, 5.41) is 0. The van der Waals surface area contributed by atoms with Crippen molar-refractivity contribution in [2.75, 3.05) is 12.0 Å². The van der Waals surface area contributed by atoms with Gasteiger partial charge in [0.05, 0.1) is 7.11 Å². The molecule has 2 unspecified atom stereocenters. The second kappa shape index (κ2) is 5.08. The van der Waals surface area contributed by atoms with E-state index >= 15 is 0 Å². The maximum Gasteiger partial charge on any atom is 0.328 e. The summed E-state index contributed by atoms with van der Waals surface area (Å²) in [6.45, 7) is 8.10. The second-order valence-corrected chi connectivity index (χ2v) is 6.19. The molecule has 1 aliphatic rings. The van der Waals surface area contributed by atoms with E-state index in [0.717, 1.165) is 17.7 Å². The number of fused-ring (bicyclic) bond motifs is 1. The summed E-state index contributed by atoms with van der Waals surface area (Å²) < 4.78 is 18.5. The van der Waals surface area contributed by atoms with E-state index in [1.807, 2.05) is 11.0 Å². The zero-order chi connectivity index (χ0) is 15.1. The Morgan fingerprint density at radius 1 is 1.50 bits per heavy atom. The second-order valence-electron chi connectivity index (χ2n) is 6.19. The van der Waals surface area contributed by atoms with E-state index in [0.29, 0.717) is 5.92 Å². The van der Waals surface area contributed by atoms with E-state index in [1.54, 1.807) is 6.92 Å². The first-order valence-corrected chi connectivity index (χ1v) is 6.94. The van der Waals surface area contributed by atoms with Crippen molar-refractivity contribution in [3.8, 4) is 0 Å². The third-order valence-electron chi connectivity index (χ3n) is 4.17. The highest BCUT2D eigenvalue weighted by Gasteiger charge is 2.41. The molecule has 1 aromatic carbocycles. The summed E-state index contributed by atoms with van der Waals surface area (Å²) in [4.78, 5) is 13.9. The standard InChI is InChI=1S/C16H22FNO2/c1-10-9-16(3,4)18(11(2)15(19)20-5)14-8-12(17)6-7-13(10)14/h6-8,10-11H,9H2,1-5H3. The molecule has 1 heterocycles. The van der Waals surface area contributed by atoms with E-state index in [4.69, 9.17) is 4.74 Å². The Balaban J connectivity index is 2.56. The lowest BCUT2D eigenvalue weighted by Gasteiger charge is -2.49. The molecule has 0 saturated carbocycles. The summed E-state index contributed by atoms with van der Waals surface area (Å²) in [5.74, 6) is -0.250. The fourth-order valence-corrected chi connectivity index (χ4v) is 3.43. The van der Waals surface area contributed by atoms with E-state index in [-0.39, 0.29) is 17.3 Å². The highest BCUT2D eigenvalue weighted by atomic mass is 19.1. The van der Waals surface area contributed by atoms with Crippen molar-refractivity contribution in [1.29, 1.82) is 0 Å². The Labute approximate surface area is 119 Å². The molecule has 0 amide bonds. The predicted octanol–water partition coefficient (Wildman–Crippen LogP) is 3.48. The number of halogens is 1. The molecular formula is C16H22FNO2. The summed E-state index contributed by atoms with van der Waals surface area (Å²) in [7, 11) is 1.38. The highest BCUT2D eigenvalue weighted by molar-refractivity contribution is 5.81. The molecule has 0 fully saturated rings. The van der Waals surface area contributed by atoms with Crippen LogP contribution < -0.4 is 4.90 Å². The number of nitrogens with zero attached hydrogens (tertiary/aromatic N) is 1. The molecule has 2 atom stereocenters. The van der Waals surface area contributed by atoms with Gasteiger partial charge in [-0.2, -0.15) is 0 Å². The lowest BCUT2D eigenvalue weighted by molar-refractivity contribution is -0.142. The Kier molecular flexibility index (Phi) is 3.76. The van der Waals surface area contributed by atoms with Crippen molar-refractivity contribution in [2.45, 2.75) is 51.6 Å². The Morgan fingerprint density at radius 3 is 2.75 bits per heavy atom. The van der Waals surface area contributed by atoms with Gasteiger partial charge in [0.25, 0.3) is 0 Å². The van der Waals surface area contributed by atoms with Gasteiger partial charge in [-0.15, -0.1) is 0 Å². The quantitative estimate of drug-likeness (QED) is 0.776. The van der Waals surface area contributed by atoms with Gasteiger partial charge in [-0.1, -0.05) is 13.0 Å². The zero-order valence-electron chi connectivity index (χ0n) is 12.7. The number of hydrogen-bond acceptors (Lipinski definition) is 3. The monoisotopic (exact) mass is 279 g/mol. The van der Waals surface area contributed by atoms with Gasteiger partial charge in [0.2, 0.25) is 0 Å². The van der Waals surface area contributed by atoms with Crippen LogP contribution in [0.15, 0.2) is 18.2 Å². The van der Waals surface area contributed by atoms with E-state index < -0.39 is 6.04 Å². The summed E-state index contributed by atoms with van der Waals surface area (Å²) >= 11 is 0. The average Bonchev–Trinajstić information content (AvgIpc) is 2.35. The van der Waals surface area contributed by atoms with Gasteiger partial charge in [-0.05, 0) is 50.8 Å². The summed E-state index contributed by atoms with van der Waals surface area (Å²) in [6, 6.07) is 4.38. The molecule has 110 valence electrons. The number of esters is 1. The molecule has 1 aliphatic heterocycles. The van der Waals surface area contributed by atoms with Crippen LogP contribution in [0.5, 0.6) is 0 Å². The SMILES string of the molecule is COC(=O)C(C)N1c2cc(F)ccc2C(C)CC1(C)C. The van der Waals surface area contributed by atoms with Crippen molar-refractivity contribution in [3.05, 3.63) is 29.6 Å². The Morgan fingerprint density at radius 2 is 2.15 bits per heavy atom. The minimum atomic E-state index is -0.442. The van der Waals surface area contributed by atoms with Crippen molar-refractivity contribution in [2.24, 2.45) is 0 Å². The Hall–Kier alpha value is -1.58. The number of ether oxygens (including phenoxy) is 1. The molecule has 0 saturated heterocycles. The molecule has 0 N–H and O–H groups in total. The third-order valence-corrected chi connectivity index (χ3v) is 4.17. The van der Waals surface area contributed by atoms with Crippen molar-refractivity contribution >= 4 is 11.7 Å². The number of methoxy groups -OCH3 is 1. The van der Waals surface area contributed by atoms with Gasteiger partial charge in [0, 0.05) is 11.2 Å². The average molecular weight is 279 g/mol.